The van der Waals surface area contributed by atoms with Gasteiger partial charge in [-0.25, -0.2) is 9.97 Å². The first-order valence-electron chi connectivity index (χ1n) is 11.7. The van der Waals surface area contributed by atoms with Crippen LogP contribution in [0, 0.1) is 6.92 Å². The first kappa shape index (κ1) is 19.9. The Kier molecular flexibility index (Phi) is 4.23. The van der Waals surface area contributed by atoms with Crippen LogP contribution in [0.3, 0.4) is 0 Å². The Morgan fingerprint density at radius 2 is 1.71 bits per heavy atom. The van der Waals surface area contributed by atoms with E-state index in [2.05, 4.69) is 57.8 Å². The van der Waals surface area contributed by atoms with Gasteiger partial charge in [0.05, 0.1) is 11.0 Å². The van der Waals surface area contributed by atoms with Crippen LogP contribution in [0.1, 0.15) is 5.56 Å². The number of rotatable bonds is 4. The van der Waals surface area contributed by atoms with E-state index in [4.69, 9.17) is 9.72 Å². The Hall–Kier alpha value is -4.58. The van der Waals surface area contributed by atoms with Crippen LogP contribution in [0.5, 0.6) is 17.4 Å². The van der Waals surface area contributed by atoms with Crippen LogP contribution in [0.4, 0.5) is 5.69 Å². The third-order valence-corrected chi connectivity index (χ3v) is 6.62. The number of nitrogens with zero attached hydrogens (tertiary/aromatic N) is 4. The lowest BCUT2D eigenvalue weighted by Crippen LogP contribution is -2.02. The molecule has 0 amide bonds. The van der Waals surface area contributed by atoms with Gasteiger partial charge in [0.25, 0.3) is 0 Å². The molecule has 0 aliphatic carbocycles. The molecule has 0 unspecified atom stereocenters. The van der Waals surface area contributed by atoms with Crippen molar-refractivity contribution in [1.82, 2.24) is 14.5 Å². The van der Waals surface area contributed by atoms with Gasteiger partial charge >= 0.3 is 0 Å². The molecule has 1 aliphatic heterocycles. The van der Waals surface area contributed by atoms with Gasteiger partial charge in [-0.2, -0.15) is 0 Å². The van der Waals surface area contributed by atoms with E-state index in [0.717, 1.165) is 40.7 Å². The number of phenols is 1. The summed E-state index contributed by atoms with van der Waals surface area (Å²) in [5.74, 6) is 2.12. The highest BCUT2D eigenvalue weighted by molar-refractivity contribution is 6.09. The lowest BCUT2D eigenvalue weighted by atomic mass is 10.1. The molecule has 1 N–H and O–H groups in total. The highest BCUT2D eigenvalue weighted by atomic mass is 16.5. The van der Waals surface area contributed by atoms with Gasteiger partial charge in [-0.15, -0.1) is 0 Å². The Labute approximate surface area is 201 Å². The summed E-state index contributed by atoms with van der Waals surface area (Å²) in [6.07, 6.45) is 1.95. The number of pyridine rings is 2. The van der Waals surface area contributed by atoms with E-state index < -0.39 is 0 Å². The number of aromatic nitrogens is 3. The average molecular weight is 459 g/mol. The van der Waals surface area contributed by atoms with Crippen molar-refractivity contribution in [2.45, 2.75) is 6.92 Å². The molecule has 6 aromatic rings. The minimum Gasteiger partial charge on any atom is -0.506 e. The molecule has 0 bridgehead atoms. The maximum atomic E-state index is 10.2. The number of fused-ring (bicyclic) bond motifs is 4. The normalized spacial score (nSPS) is 13.1. The zero-order valence-corrected chi connectivity index (χ0v) is 19.1. The maximum absolute atomic E-state index is 10.2. The van der Waals surface area contributed by atoms with Crippen LogP contribution < -0.4 is 9.64 Å². The second kappa shape index (κ2) is 7.46. The number of ether oxygens (including phenoxy) is 1. The van der Waals surface area contributed by atoms with Crippen molar-refractivity contribution in [2.24, 2.45) is 0 Å². The number of para-hydroxylation sites is 2. The molecule has 0 radical (unpaired) electrons. The second-order valence-corrected chi connectivity index (χ2v) is 8.95. The van der Waals surface area contributed by atoms with Crippen molar-refractivity contribution in [3.8, 4) is 23.2 Å². The van der Waals surface area contributed by atoms with E-state index in [1.807, 2.05) is 36.5 Å². The third-order valence-electron chi connectivity index (χ3n) is 6.62. The number of hydrogen-bond donors (Lipinski definition) is 1. The third kappa shape index (κ3) is 3.26. The Bertz CT molecular complexity index is 1770. The number of aryl methyl sites for hydroxylation is 1. The minimum atomic E-state index is 0.135. The summed E-state index contributed by atoms with van der Waals surface area (Å²) in [6.45, 7) is 4.28. The molecule has 35 heavy (non-hydrogen) atoms. The number of aromatic hydroxyl groups is 1. The topological polar surface area (TPSA) is 63.2 Å². The molecular formula is C29H22N4O2. The predicted octanol–water partition coefficient (Wildman–Crippen LogP) is 6.35. The fourth-order valence-corrected chi connectivity index (χ4v) is 4.81. The van der Waals surface area contributed by atoms with Crippen molar-refractivity contribution in [1.29, 1.82) is 0 Å². The van der Waals surface area contributed by atoms with Crippen molar-refractivity contribution in [3.63, 3.8) is 0 Å². The van der Waals surface area contributed by atoms with Gasteiger partial charge in [-0.3, -0.25) is 4.57 Å². The van der Waals surface area contributed by atoms with Crippen LogP contribution in [-0.2, 0) is 0 Å². The quantitative estimate of drug-likeness (QED) is 0.312. The van der Waals surface area contributed by atoms with Crippen molar-refractivity contribution >= 4 is 38.4 Å². The summed E-state index contributed by atoms with van der Waals surface area (Å²) in [5.41, 5.74) is 5.05. The van der Waals surface area contributed by atoms with Crippen LogP contribution in [0.2, 0.25) is 0 Å². The molecule has 6 nitrogen and oxygen atoms in total. The first-order chi connectivity index (χ1) is 17.2. The van der Waals surface area contributed by atoms with Crippen LogP contribution >= 0.6 is 0 Å². The fraction of sp³-hybridized carbons (Fsp3) is 0.103. The monoisotopic (exact) mass is 458 g/mol. The summed E-state index contributed by atoms with van der Waals surface area (Å²) in [5, 5.41) is 13.4. The second-order valence-electron chi connectivity index (χ2n) is 8.95. The smallest absolute Gasteiger partial charge is 0.219 e. The standard InChI is InChI=1S/C29H22N4O2/c1-18-17-30-27(16-24(18)32-13-14-32)33-23-7-3-2-6-21(23)22-11-10-20(15-25(22)33)35-28-12-9-19-5-4-8-26(34)29(19)31-28/h2-12,15-17,34H,13-14H2,1H3. The predicted molar refractivity (Wildman–Crippen MR) is 139 cm³/mol. The van der Waals surface area contributed by atoms with E-state index in [-0.39, 0.29) is 5.75 Å². The number of benzene rings is 3. The van der Waals surface area contributed by atoms with Gasteiger partial charge in [0.1, 0.15) is 22.8 Å². The molecule has 3 aromatic heterocycles. The lowest BCUT2D eigenvalue weighted by Gasteiger charge is -2.12. The van der Waals surface area contributed by atoms with Gasteiger partial charge in [0.15, 0.2) is 0 Å². The van der Waals surface area contributed by atoms with Gasteiger partial charge < -0.3 is 14.7 Å². The molecule has 0 atom stereocenters. The van der Waals surface area contributed by atoms with Gasteiger partial charge in [0, 0.05) is 59.3 Å². The minimum absolute atomic E-state index is 0.135. The molecule has 7 rings (SSSR count). The zero-order valence-electron chi connectivity index (χ0n) is 19.1. The highest BCUT2D eigenvalue weighted by Crippen LogP contribution is 2.36. The Morgan fingerprint density at radius 3 is 2.60 bits per heavy atom. The van der Waals surface area contributed by atoms with Crippen molar-refractivity contribution in [3.05, 3.63) is 90.6 Å². The molecular weight excluding hydrogens is 436 g/mol. The summed E-state index contributed by atoms with van der Waals surface area (Å²) in [4.78, 5) is 11.7. The van der Waals surface area contributed by atoms with E-state index in [1.165, 1.54) is 16.6 Å². The summed E-state index contributed by atoms with van der Waals surface area (Å²) in [7, 11) is 0. The maximum Gasteiger partial charge on any atom is 0.219 e. The van der Waals surface area contributed by atoms with Gasteiger partial charge in [-0.1, -0.05) is 30.3 Å². The zero-order chi connectivity index (χ0) is 23.5. The van der Waals surface area contributed by atoms with Gasteiger partial charge in [-0.05, 0) is 42.8 Å². The van der Waals surface area contributed by atoms with Crippen LogP contribution in [-0.4, -0.2) is 32.7 Å². The van der Waals surface area contributed by atoms with Crippen LogP contribution in [0.15, 0.2) is 85.1 Å². The van der Waals surface area contributed by atoms with Crippen LogP contribution in [0.25, 0.3) is 38.5 Å². The number of phenolic OH excluding ortho intramolecular Hbond substituents is 1. The average Bonchev–Trinajstić information content (AvgIpc) is 3.67. The summed E-state index contributed by atoms with van der Waals surface area (Å²) < 4.78 is 8.36. The molecule has 1 fully saturated rings. The van der Waals surface area contributed by atoms with Crippen molar-refractivity contribution in [2.75, 3.05) is 18.0 Å². The fourth-order valence-electron chi connectivity index (χ4n) is 4.81. The van der Waals surface area contributed by atoms with E-state index in [9.17, 15) is 5.11 Å². The Balaban J connectivity index is 1.39. The number of hydrogen-bond acceptors (Lipinski definition) is 5. The largest absolute Gasteiger partial charge is 0.506 e. The summed E-state index contributed by atoms with van der Waals surface area (Å²) in [6, 6.07) is 25.7. The SMILES string of the molecule is Cc1cnc(-n2c3ccccc3c3ccc(Oc4ccc5cccc(O)c5n4)cc32)cc1N1CC1. The molecule has 1 aliphatic rings. The van der Waals surface area contributed by atoms with E-state index in [1.54, 1.807) is 12.1 Å². The molecule has 3 aromatic carbocycles. The van der Waals surface area contributed by atoms with E-state index in [0.29, 0.717) is 17.1 Å². The lowest BCUT2D eigenvalue weighted by molar-refractivity contribution is 0.460. The van der Waals surface area contributed by atoms with Crippen molar-refractivity contribution < 1.29 is 9.84 Å². The molecule has 170 valence electrons. The Morgan fingerprint density at radius 1 is 0.857 bits per heavy atom. The molecule has 0 saturated carbocycles. The molecule has 4 heterocycles. The first-order valence-corrected chi connectivity index (χ1v) is 11.7. The number of anilines is 1. The molecule has 6 heteroatoms. The summed E-state index contributed by atoms with van der Waals surface area (Å²) >= 11 is 0. The molecule has 0 spiro atoms. The molecule has 1 saturated heterocycles. The van der Waals surface area contributed by atoms with E-state index >= 15 is 0 Å². The highest BCUT2D eigenvalue weighted by Gasteiger charge is 2.22. The van der Waals surface area contributed by atoms with Gasteiger partial charge in [0.2, 0.25) is 5.88 Å².